The average molecular weight is 311 g/mol. The van der Waals surface area contributed by atoms with Crippen molar-refractivity contribution >= 4 is 16.9 Å². The smallest absolute Gasteiger partial charge is 0.262 e. The molecule has 0 aliphatic carbocycles. The molecule has 5 nitrogen and oxygen atoms in total. The zero-order chi connectivity index (χ0) is 15.8. The summed E-state index contributed by atoms with van der Waals surface area (Å²) in [6, 6.07) is 7.32. The summed E-state index contributed by atoms with van der Waals surface area (Å²) in [6.45, 7) is 8.28. The van der Waals surface area contributed by atoms with Gasteiger partial charge in [0.05, 0.1) is 0 Å². The van der Waals surface area contributed by atoms with Crippen molar-refractivity contribution in [2.24, 2.45) is 11.7 Å². The predicted molar refractivity (Wildman–Crippen MR) is 86.9 cm³/mol. The summed E-state index contributed by atoms with van der Waals surface area (Å²) >= 11 is 0. The lowest BCUT2D eigenvalue weighted by Crippen LogP contribution is -2.32. The predicted octanol–water partition coefficient (Wildman–Crippen LogP) is 1.47. The fourth-order valence-electron chi connectivity index (χ4n) is 1.97. The lowest BCUT2D eigenvalue weighted by Gasteiger charge is -2.22. The van der Waals surface area contributed by atoms with E-state index in [1.807, 2.05) is 12.1 Å². The maximum Gasteiger partial charge on any atom is 0.262 e. The van der Waals surface area contributed by atoms with E-state index in [1.165, 1.54) is 0 Å². The fourth-order valence-corrected chi connectivity index (χ4v) is 2.44. The highest BCUT2D eigenvalue weighted by Crippen LogP contribution is 2.09. The Balaban J connectivity index is 2.64. The Kier molecular flexibility index (Phi) is 7.56. The molecular formula is C15H25N3O2S. The van der Waals surface area contributed by atoms with Gasteiger partial charge in [-0.15, -0.1) is 0 Å². The normalized spacial score (nSPS) is 12.7. The van der Waals surface area contributed by atoms with Gasteiger partial charge >= 0.3 is 0 Å². The maximum absolute atomic E-state index is 11.8. The molecule has 0 spiro atoms. The first-order valence-corrected chi connectivity index (χ1v) is 8.48. The van der Waals surface area contributed by atoms with E-state index in [1.54, 1.807) is 19.1 Å². The van der Waals surface area contributed by atoms with E-state index >= 15 is 0 Å². The molecule has 0 fully saturated rings. The lowest BCUT2D eigenvalue weighted by molar-refractivity contribution is 0.0983. The average Bonchev–Trinajstić information content (AvgIpc) is 2.46. The van der Waals surface area contributed by atoms with Crippen LogP contribution in [0, 0.1) is 5.92 Å². The Morgan fingerprint density at radius 3 is 2.43 bits per heavy atom. The van der Waals surface area contributed by atoms with Crippen molar-refractivity contribution in [3.8, 4) is 0 Å². The molecule has 1 aromatic carbocycles. The summed E-state index contributed by atoms with van der Waals surface area (Å²) in [7, 11) is -1.30. The van der Waals surface area contributed by atoms with Gasteiger partial charge in [0, 0.05) is 31.1 Å². The SMILES string of the molecule is CCS(=O)NC(=O)c1ccc(CN(CN)CC(C)C)cc1. The molecule has 1 aromatic rings. The third-order valence-corrected chi connectivity index (χ3v) is 3.91. The molecule has 6 heteroatoms. The summed E-state index contributed by atoms with van der Waals surface area (Å²) < 4.78 is 13.8. The third kappa shape index (κ3) is 6.37. The Bertz CT molecular complexity index is 474. The first kappa shape index (κ1) is 17.8. The van der Waals surface area contributed by atoms with Gasteiger partial charge in [-0.2, -0.15) is 0 Å². The Hall–Kier alpha value is -1.24. The van der Waals surface area contributed by atoms with Crippen LogP contribution in [0.25, 0.3) is 0 Å². The highest BCUT2D eigenvalue weighted by Gasteiger charge is 2.09. The van der Waals surface area contributed by atoms with Gasteiger partial charge < -0.3 is 5.73 Å². The van der Waals surface area contributed by atoms with Gasteiger partial charge in [0.15, 0.2) is 0 Å². The molecule has 1 atom stereocenters. The largest absolute Gasteiger partial charge is 0.318 e. The first-order valence-electron chi connectivity index (χ1n) is 7.17. The minimum atomic E-state index is -1.30. The minimum absolute atomic E-state index is 0.306. The third-order valence-electron chi connectivity index (χ3n) is 2.97. The van der Waals surface area contributed by atoms with Crippen LogP contribution < -0.4 is 10.5 Å². The van der Waals surface area contributed by atoms with Crippen LogP contribution in [0.1, 0.15) is 36.7 Å². The van der Waals surface area contributed by atoms with Crippen molar-refractivity contribution in [3.63, 3.8) is 0 Å². The van der Waals surface area contributed by atoms with E-state index < -0.39 is 11.0 Å². The number of nitrogens with zero attached hydrogens (tertiary/aromatic N) is 1. The molecule has 1 unspecified atom stereocenters. The van der Waals surface area contributed by atoms with Gasteiger partial charge in [-0.1, -0.05) is 32.9 Å². The van der Waals surface area contributed by atoms with E-state index in [9.17, 15) is 9.00 Å². The van der Waals surface area contributed by atoms with E-state index in [0.717, 1.165) is 18.7 Å². The number of amides is 1. The highest BCUT2D eigenvalue weighted by atomic mass is 32.2. The van der Waals surface area contributed by atoms with Crippen LogP contribution in [0.5, 0.6) is 0 Å². The summed E-state index contributed by atoms with van der Waals surface area (Å²) in [5.74, 6) is 0.659. The van der Waals surface area contributed by atoms with Crippen molar-refractivity contribution in [3.05, 3.63) is 35.4 Å². The highest BCUT2D eigenvalue weighted by molar-refractivity contribution is 7.83. The Morgan fingerprint density at radius 2 is 1.95 bits per heavy atom. The Labute approximate surface area is 129 Å². The van der Waals surface area contributed by atoms with Crippen molar-refractivity contribution in [2.75, 3.05) is 19.0 Å². The number of nitrogens with one attached hydrogen (secondary N) is 1. The van der Waals surface area contributed by atoms with Gasteiger partial charge in [0.25, 0.3) is 5.91 Å². The quantitative estimate of drug-likeness (QED) is 0.713. The number of rotatable bonds is 8. The summed E-state index contributed by atoms with van der Waals surface area (Å²) in [5.41, 5.74) is 7.37. The molecule has 0 heterocycles. The van der Waals surface area contributed by atoms with E-state index in [2.05, 4.69) is 23.5 Å². The molecule has 0 aliphatic heterocycles. The van der Waals surface area contributed by atoms with Crippen molar-refractivity contribution < 1.29 is 9.00 Å². The van der Waals surface area contributed by atoms with Crippen LogP contribution in [0.3, 0.4) is 0 Å². The van der Waals surface area contributed by atoms with Crippen LogP contribution in [0.15, 0.2) is 24.3 Å². The molecule has 0 bridgehead atoms. The second-order valence-electron chi connectivity index (χ2n) is 5.35. The molecule has 118 valence electrons. The fraction of sp³-hybridized carbons (Fsp3) is 0.533. The topological polar surface area (TPSA) is 75.4 Å². The van der Waals surface area contributed by atoms with Crippen LogP contribution in [-0.2, 0) is 17.5 Å². The minimum Gasteiger partial charge on any atom is -0.318 e. The molecule has 3 N–H and O–H groups in total. The summed E-state index contributed by atoms with van der Waals surface area (Å²) in [6.07, 6.45) is 0. The number of hydrogen-bond donors (Lipinski definition) is 2. The number of benzene rings is 1. The molecular weight excluding hydrogens is 286 g/mol. The van der Waals surface area contributed by atoms with Gasteiger partial charge in [0.1, 0.15) is 11.0 Å². The molecule has 0 aliphatic rings. The van der Waals surface area contributed by atoms with Crippen molar-refractivity contribution in [2.45, 2.75) is 27.3 Å². The summed E-state index contributed by atoms with van der Waals surface area (Å²) in [4.78, 5) is 14.0. The standard InChI is InChI=1S/C15H25N3O2S/c1-4-21(20)17-15(19)14-7-5-13(6-8-14)10-18(11-16)9-12(2)3/h5-8,12H,4,9-11,16H2,1-3H3,(H,17,19). The van der Waals surface area contributed by atoms with E-state index in [-0.39, 0.29) is 5.91 Å². The second-order valence-corrected chi connectivity index (χ2v) is 6.82. The first-order chi connectivity index (χ1) is 9.96. The van der Waals surface area contributed by atoms with Crippen molar-refractivity contribution in [1.82, 2.24) is 9.62 Å². The summed E-state index contributed by atoms with van der Waals surface area (Å²) in [5, 5.41) is 0. The van der Waals surface area contributed by atoms with Crippen molar-refractivity contribution in [1.29, 1.82) is 0 Å². The van der Waals surface area contributed by atoms with Gasteiger partial charge in [-0.3, -0.25) is 14.4 Å². The molecule has 0 aromatic heterocycles. The zero-order valence-corrected chi connectivity index (χ0v) is 13.8. The van der Waals surface area contributed by atoms with Crippen LogP contribution in [0.4, 0.5) is 0 Å². The molecule has 0 radical (unpaired) electrons. The molecule has 1 rings (SSSR count). The second kappa shape index (κ2) is 8.92. The monoisotopic (exact) mass is 311 g/mol. The van der Waals surface area contributed by atoms with Gasteiger partial charge in [0.2, 0.25) is 0 Å². The van der Waals surface area contributed by atoms with Gasteiger partial charge in [-0.25, -0.2) is 4.21 Å². The molecule has 21 heavy (non-hydrogen) atoms. The van der Waals surface area contributed by atoms with E-state index in [4.69, 9.17) is 5.73 Å². The molecule has 1 amide bonds. The molecule has 0 saturated carbocycles. The lowest BCUT2D eigenvalue weighted by atomic mass is 10.1. The van der Waals surface area contributed by atoms with Gasteiger partial charge in [-0.05, 0) is 23.6 Å². The Morgan fingerprint density at radius 1 is 1.33 bits per heavy atom. The maximum atomic E-state index is 11.8. The number of carbonyl (C=O) groups is 1. The van der Waals surface area contributed by atoms with Crippen LogP contribution in [0.2, 0.25) is 0 Å². The molecule has 0 saturated heterocycles. The number of hydrogen-bond acceptors (Lipinski definition) is 4. The number of nitrogens with two attached hydrogens (primary N) is 1. The zero-order valence-electron chi connectivity index (χ0n) is 13.0. The van der Waals surface area contributed by atoms with E-state index in [0.29, 0.717) is 23.9 Å². The number of carbonyl (C=O) groups excluding carboxylic acids is 1. The van der Waals surface area contributed by atoms with Crippen LogP contribution in [-0.4, -0.2) is 34.0 Å². The van der Waals surface area contributed by atoms with Crippen LogP contribution >= 0.6 is 0 Å².